The molecule has 0 heterocycles. The second-order valence-electron chi connectivity index (χ2n) is 4.07. The standard InChI is InChI=1S/C13H16NO4.Al/c14-11(12(16)8-15)6-7-13(17)18-9-10-4-2-1-3-5-10;/h1-5,11H,6-9,14H2;/q-1;+1/t11-;/m0./s1. The van der Waals surface area contributed by atoms with Gasteiger partial charge in [-0.2, -0.15) is 0 Å². The van der Waals surface area contributed by atoms with Gasteiger partial charge in [0.25, 0.3) is 0 Å². The number of benzene rings is 1. The minimum atomic E-state index is -0.690. The number of hydrogen-bond acceptors (Lipinski definition) is 5. The van der Waals surface area contributed by atoms with E-state index in [0.717, 1.165) is 5.56 Å². The second kappa shape index (κ2) is 8.84. The van der Waals surface area contributed by atoms with Gasteiger partial charge in [-0.1, -0.05) is 30.3 Å². The number of ketones is 1. The Morgan fingerprint density at radius 1 is 1.26 bits per heavy atom. The number of ether oxygens (including phenoxy) is 1. The van der Waals surface area contributed by atoms with E-state index in [2.05, 4.69) is 3.79 Å². The van der Waals surface area contributed by atoms with Gasteiger partial charge in [0.2, 0.25) is 0 Å². The number of carbonyl (C=O) groups is 2. The van der Waals surface area contributed by atoms with Crippen LogP contribution in [0.25, 0.3) is 0 Å². The Morgan fingerprint density at radius 2 is 1.95 bits per heavy atom. The fourth-order valence-corrected chi connectivity index (χ4v) is 1.60. The lowest BCUT2D eigenvalue weighted by Gasteiger charge is -2.10. The van der Waals surface area contributed by atoms with Crippen molar-refractivity contribution in [3.05, 3.63) is 35.9 Å². The highest BCUT2D eigenvalue weighted by Crippen LogP contribution is 2.04. The number of Topliss-reactive ketones (excluding diaryl/α,β-unsaturated/α-hetero) is 1. The molecule has 0 fully saturated rings. The predicted molar refractivity (Wildman–Crippen MR) is 70.2 cm³/mol. The third-order valence-corrected chi connectivity index (χ3v) is 2.71. The summed E-state index contributed by atoms with van der Waals surface area (Å²) < 4.78 is 9.68. The Morgan fingerprint density at radius 3 is 2.58 bits per heavy atom. The highest BCUT2D eigenvalue weighted by molar-refractivity contribution is 6.00. The first-order valence-corrected chi connectivity index (χ1v) is 6.40. The molecule has 6 heteroatoms. The van der Waals surface area contributed by atoms with Gasteiger partial charge in [-0.3, -0.25) is 9.59 Å². The summed E-state index contributed by atoms with van der Waals surface area (Å²) in [4.78, 5) is 22.8. The van der Waals surface area contributed by atoms with E-state index >= 15 is 0 Å². The van der Waals surface area contributed by atoms with Crippen LogP contribution >= 0.6 is 0 Å². The monoisotopic (exact) mass is 277 g/mol. The van der Waals surface area contributed by atoms with Crippen molar-refractivity contribution in [2.75, 3.05) is 6.61 Å². The molecule has 0 aromatic heterocycles. The molecule has 0 aliphatic rings. The largest absolute Gasteiger partial charge is 0.511 e. The summed E-state index contributed by atoms with van der Waals surface area (Å²) >= 11 is 1.99. The van der Waals surface area contributed by atoms with Crippen LogP contribution in [0.1, 0.15) is 18.4 Å². The third kappa shape index (κ3) is 6.51. The fraction of sp³-hybridized carbons (Fsp3) is 0.385. The van der Waals surface area contributed by atoms with E-state index < -0.39 is 6.04 Å². The summed E-state index contributed by atoms with van der Waals surface area (Å²) in [7, 11) is 0. The molecule has 19 heavy (non-hydrogen) atoms. The molecule has 2 N–H and O–H groups in total. The summed E-state index contributed by atoms with van der Waals surface area (Å²) in [6.07, 6.45) is 0.386. The number of carbonyl (C=O) groups excluding carboxylic acids is 2. The van der Waals surface area contributed by atoms with Crippen LogP contribution in [0.3, 0.4) is 0 Å². The molecule has 0 bridgehead atoms. The molecule has 0 saturated carbocycles. The quantitative estimate of drug-likeness (QED) is 0.553. The molecule has 1 atom stereocenters. The number of hydrogen-bond donors (Lipinski definition) is 1. The number of nitrogens with two attached hydrogens (primary N) is 1. The topological polar surface area (TPSA) is 78.6 Å². The van der Waals surface area contributed by atoms with Crippen LogP contribution in [0.4, 0.5) is 0 Å². The average molecular weight is 277 g/mol. The van der Waals surface area contributed by atoms with Crippen molar-refractivity contribution in [2.24, 2.45) is 5.73 Å². The molecule has 1 aromatic rings. The Bertz CT molecular complexity index is 410. The van der Waals surface area contributed by atoms with Crippen molar-refractivity contribution in [1.29, 1.82) is 0 Å². The van der Waals surface area contributed by atoms with Gasteiger partial charge in [-0.05, 0) is 12.0 Å². The Hall–Kier alpha value is -1.19. The Balaban J connectivity index is 2.23. The van der Waals surface area contributed by atoms with E-state index in [1.165, 1.54) is 0 Å². The van der Waals surface area contributed by atoms with Gasteiger partial charge in [-0.25, -0.2) is 0 Å². The summed E-state index contributed by atoms with van der Waals surface area (Å²) in [5.74, 6) is -0.593. The number of rotatable bonds is 8. The van der Waals surface area contributed by atoms with Crippen molar-refractivity contribution in [2.45, 2.75) is 25.5 Å². The van der Waals surface area contributed by atoms with Gasteiger partial charge in [0.15, 0.2) is 5.78 Å². The van der Waals surface area contributed by atoms with Crippen LogP contribution in [0, 0.1) is 0 Å². The van der Waals surface area contributed by atoms with Gasteiger partial charge in [0.05, 0.1) is 12.6 Å². The highest BCUT2D eigenvalue weighted by Gasteiger charge is 2.14. The van der Waals surface area contributed by atoms with Gasteiger partial charge < -0.3 is 14.3 Å². The van der Waals surface area contributed by atoms with Crippen molar-refractivity contribution < 1.29 is 18.1 Å². The van der Waals surface area contributed by atoms with Crippen molar-refractivity contribution in [1.82, 2.24) is 0 Å². The first-order valence-electron chi connectivity index (χ1n) is 5.93. The van der Waals surface area contributed by atoms with Gasteiger partial charge in [0, 0.05) is 6.42 Å². The van der Waals surface area contributed by atoms with Crippen molar-refractivity contribution in [3.8, 4) is 0 Å². The second-order valence-corrected chi connectivity index (χ2v) is 4.40. The lowest BCUT2D eigenvalue weighted by Crippen LogP contribution is -2.34. The van der Waals surface area contributed by atoms with E-state index in [1.807, 2.05) is 47.0 Å². The maximum absolute atomic E-state index is 11.5. The molecule has 0 aliphatic carbocycles. The zero-order valence-corrected chi connectivity index (χ0v) is 11.7. The van der Waals surface area contributed by atoms with E-state index in [4.69, 9.17) is 10.5 Å². The maximum atomic E-state index is 11.5. The predicted octanol–water partition coefficient (Wildman–Crippen LogP) is 0.506. The lowest BCUT2D eigenvalue weighted by molar-refractivity contribution is -0.145. The lowest BCUT2D eigenvalue weighted by atomic mass is 10.1. The molecule has 1 rings (SSSR count). The smallest absolute Gasteiger partial charge is 0.369 e. The summed E-state index contributed by atoms with van der Waals surface area (Å²) in [5, 5.41) is 0. The zero-order valence-electron chi connectivity index (χ0n) is 10.6. The molecule has 0 aliphatic heterocycles. The maximum Gasteiger partial charge on any atom is 0.369 e. The molecule has 100 valence electrons. The Kier molecular flexibility index (Phi) is 7.38. The van der Waals surface area contributed by atoms with Gasteiger partial charge in [0.1, 0.15) is 6.61 Å². The molecule has 2 radical (unpaired) electrons. The van der Waals surface area contributed by atoms with E-state index in [1.54, 1.807) is 0 Å². The van der Waals surface area contributed by atoms with Crippen LogP contribution < -0.4 is 5.73 Å². The highest BCUT2D eigenvalue weighted by atomic mass is 27.1. The summed E-state index contributed by atoms with van der Waals surface area (Å²) in [5.41, 5.74) is 6.54. The molecular formula is C13H16AlNO4. The molecule has 0 saturated heterocycles. The zero-order chi connectivity index (χ0) is 14.1. The van der Waals surface area contributed by atoms with Crippen LogP contribution in [0.2, 0.25) is 0 Å². The average Bonchev–Trinajstić information content (AvgIpc) is 2.43. The van der Waals surface area contributed by atoms with E-state index in [-0.39, 0.29) is 37.8 Å². The van der Waals surface area contributed by atoms with Gasteiger partial charge in [-0.15, -0.1) is 0 Å². The first-order chi connectivity index (χ1) is 9.13. The minimum absolute atomic E-state index is 0.0646. The van der Waals surface area contributed by atoms with E-state index in [9.17, 15) is 9.59 Å². The van der Waals surface area contributed by atoms with Crippen LogP contribution in [0.15, 0.2) is 30.3 Å². The van der Waals surface area contributed by atoms with Crippen LogP contribution in [-0.4, -0.2) is 41.0 Å². The fourth-order valence-electron chi connectivity index (χ4n) is 1.43. The summed E-state index contributed by atoms with van der Waals surface area (Å²) in [6, 6.07) is 8.70. The Labute approximate surface area is 120 Å². The van der Waals surface area contributed by atoms with Crippen molar-refractivity contribution >= 4 is 28.4 Å². The molecular weight excluding hydrogens is 261 g/mol. The molecule has 5 nitrogen and oxygen atoms in total. The number of esters is 1. The summed E-state index contributed by atoms with van der Waals surface area (Å²) in [6.45, 7) is 0.169. The first kappa shape index (κ1) is 15.9. The third-order valence-electron chi connectivity index (χ3n) is 2.54. The molecule has 0 spiro atoms. The molecule has 1 aromatic carbocycles. The van der Waals surface area contributed by atoms with E-state index in [0.29, 0.717) is 0 Å². The van der Waals surface area contributed by atoms with Crippen LogP contribution in [-0.2, 0) is 24.7 Å². The van der Waals surface area contributed by atoms with Crippen LogP contribution in [0.5, 0.6) is 0 Å². The molecule has 0 unspecified atom stereocenters. The molecule has 0 amide bonds. The SMILES string of the molecule is N[C@@H](CCC(=O)OCc1ccccc1)C(=O)C[O][Al]. The minimum Gasteiger partial charge on any atom is -0.511 e. The van der Waals surface area contributed by atoms with Gasteiger partial charge >= 0.3 is 22.6 Å². The van der Waals surface area contributed by atoms with Crippen molar-refractivity contribution in [3.63, 3.8) is 0 Å². The normalized spacial score (nSPS) is 11.8.